The smallest absolute Gasteiger partial charge is 0.102 e. The summed E-state index contributed by atoms with van der Waals surface area (Å²) in [6.45, 7) is 1.44. The largest absolute Gasteiger partial charge is 0.313 e. The summed E-state index contributed by atoms with van der Waals surface area (Å²) in [5, 5.41) is 6.37. The Bertz CT molecular complexity index is 42.8. The molecule has 0 fully saturated rings. The fraction of sp³-hybridized carbons (Fsp3) is 0.750. The Labute approximate surface area is 36.7 Å². The number of hydrogen-bond donors (Lipinski definition) is 1. The van der Waals surface area contributed by atoms with Crippen molar-refractivity contribution in [3.63, 3.8) is 0 Å². The topological polar surface area (TPSA) is 23.9 Å². The number of halogens is 1. The first kappa shape index (κ1) is 5.60. The molecule has 0 unspecified atom stereocenters. The molecule has 0 saturated carbocycles. The zero-order valence-corrected chi connectivity index (χ0v) is 3.74. The summed E-state index contributed by atoms with van der Waals surface area (Å²) >= 11 is 0. The predicted octanol–water partition coefficient (Wildman–Crippen LogP) is 1.38. The van der Waals surface area contributed by atoms with Crippen molar-refractivity contribution in [3.05, 3.63) is 0 Å². The third-order valence-electron chi connectivity index (χ3n) is 0.443. The number of alkyl halides is 1. The van der Waals surface area contributed by atoms with Crippen LogP contribution in [0.15, 0.2) is 0 Å². The molecule has 2 heteroatoms. The second kappa shape index (κ2) is 2.82. The fourth-order valence-corrected chi connectivity index (χ4v) is 0.162. The fourth-order valence-electron chi connectivity index (χ4n) is 0.162. The molecule has 0 aliphatic carbocycles. The molecular weight excluding hydrogens is 81.0 g/mol. The van der Waals surface area contributed by atoms with Crippen molar-refractivity contribution in [1.82, 2.24) is 0 Å². The normalized spacial score (nSPS) is 13.7. The van der Waals surface area contributed by atoms with Crippen molar-refractivity contribution in [2.24, 2.45) is 0 Å². The minimum Gasteiger partial charge on any atom is -0.313 e. The lowest BCUT2D eigenvalue weighted by atomic mass is 10.3. The average molecular weight is 89.1 g/mol. The summed E-state index contributed by atoms with van der Waals surface area (Å²) in [5.41, 5.74) is 0. The second-order valence-electron chi connectivity index (χ2n) is 1.22. The molecule has 0 bridgehead atoms. The van der Waals surface area contributed by atoms with Gasteiger partial charge in [-0.1, -0.05) is 0 Å². The molecule has 6 heavy (non-hydrogen) atoms. The molecule has 0 rings (SSSR count). The SMILES string of the molecule is C[C@H](F)CC=N. The van der Waals surface area contributed by atoms with Crippen LogP contribution in [0.1, 0.15) is 13.3 Å². The number of nitrogens with one attached hydrogen (secondary N) is 1. The van der Waals surface area contributed by atoms with Crippen molar-refractivity contribution >= 4 is 6.21 Å². The zero-order chi connectivity index (χ0) is 4.99. The van der Waals surface area contributed by atoms with Crippen molar-refractivity contribution in [2.45, 2.75) is 19.5 Å². The summed E-state index contributed by atoms with van der Waals surface area (Å²) in [4.78, 5) is 0. The minimum atomic E-state index is -0.845. The maximum absolute atomic E-state index is 11.6. The maximum Gasteiger partial charge on any atom is 0.102 e. The molecular formula is C4H8FN. The average Bonchev–Trinajstić information content (AvgIpc) is 1.35. The van der Waals surface area contributed by atoms with Gasteiger partial charge in [0.05, 0.1) is 0 Å². The molecule has 1 N–H and O–H groups in total. The Kier molecular flexibility index (Phi) is 2.63. The molecule has 0 aliphatic heterocycles. The summed E-state index contributed by atoms with van der Waals surface area (Å²) in [5.74, 6) is 0. The van der Waals surface area contributed by atoms with Crippen molar-refractivity contribution in [1.29, 1.82) is 5.41 Å². The molecule has 0 heterocycles. The van der Waals surface area contributed by atoms with E-state index >= 15 is 0 Å². The van der Waals surface area contributed by atoms with Crippen LogP contribution in [0.4, 0.5) is 4.39 Å². The molecule has 0 radical (unpaired) electrons. The van der Waals surface area contributed by atoms with Crippen LogP contribution in [-0.2, 0) is 0 Å². The lowest BCUT2D eigenvalue weighted by molar-refractivity contribution is 0.374. The van der Waals surface area contributed by atoms with Crippen LogP contribution >= 0.6 is 0 Å². The van der Waals surface area contributed by atoms with Gasteiger partial charge in [-0.2, -0.15) is 0 Å². The first-order valence-electron chi connectivity index (χ1n) is 1.90. The quantitative estimate of drug-likeness (QED) is 0.494. The van der Waals surface area contributed by atoms with Gasteiger partial charge in [0.25, 0.3) is 0 Å². The standard InChI is InChI=1S/C4H8FN/c1-4(5)2-3-6/h3-4,6H,2H2,1H3/t4-/m0/s1. The lowest BCUT2D eigenvalue weighted by Gasteiger charge is -1.87. The van der Waals surface area contributed by atoms with Gasteiger partial charge < -0.3 is 5.41 Å². The van der Waals surface area contributed by atoms with Crippen LogP contribution in [0.5, 0.6) is 0 Å². The summed E-state index contributed by atoms with van der Waals surface area (Å²) in [6, 6.07) is 0. The third-order valence-corrected chi connectivity index (χ3v) is 0.443. The second-order valence-corrected chi connectivity index (χ2v) is 1.22. The van der Waals surface area contributed by atoms with Crippen molar-refractivity contribution in [3.8, 4) is 0 Å². The summed E-state index contributed by atoms with van der Waals surface area (Å²) < 4.78 is 11.6. The van der Waals surface area contributed by atoms with Crippen LogP contribution in [0.3, 0.4) is 0 Å². The van der Waals surface area contributed by atoms with Crippen LogP contribution in [0.2, 0.25) is 0 Å². The highest BCUT2D eigenvalue weighted by Gasteiger charge is 1.89. The monoisotopic (exact) mass is 89.1 g/mol. The first-order valence-corrected chi connectivity index (χ1v) is 1.90. The van der Waals surface area contributed by atoms with Gasteiger partial charge in [0.1, 0.15) is 6.17 Å². The molecule has 0 saturated heterocycles. The Morgan fingerprint density at radius 1 is 2.00 bits per heavy atom. The minimum absolute atomic E-state index is 0.250. The van der Waals surface area contributed by atoms with Gasteiger partial charge in [-0.3, -0.25) is 0 Å². The molecule has 0 aliphatic rings. The van der Waals surface area contributed by atoms with E-state index in [1.165, 1.54) is 6.92 Å². The molecule has 1 atom stereocenters. The van der Waals surface area contributed by atoms with E-state index in [1.54, 1.807) is 0 Å². The van der Waals surface area contributed by atoms with Crippen LogP contribution in [-0.4, -0.2) is 12.4 Å². The van der Waals surface area contributed by atoms with Gasteiger partial charge in [-0.05, 0) is 13.1 Å². The molecule has 36 valence electrons. The van der Waals surface area contributed by atoms with E-state index in [9.17, 15) is 4.39 Å². The number of rotatable bonds is 2. The Morgan fingerprint density at radius 3 is 2.50 bits per heavy atom. The zero-order valence-electron chi connectivity index (χ0n) is 3.74. The molecule has 0 aromatic rings. The van der Waals surface area contributed by atoms with Gasteiger partial charge in [0.2, 0.25) is 0 Å². The van der Waals surface area contributed by atoms with E-state index < -0.39 is 6.17 Å². The number of hydrogen-bond acceptors (Lipinski definition) is 1. The van der Waals surface area contributed by atoms with Crippen molar-refractivity contribution in [2.75, 3.05) is 0 Å². The van der Waals surface area contributed by atoms with Gasteiger partial charge in [-0.15, -0.1) is 0 Å². The van der Waals surface area contributed by atoms with Gasteiger partial charge >= 0.3 is 0 Å². The Morgan fingerprint density at radius 2 is 2.50 bits per heavy atom. The molecule has 0 amide bonds. The van der Waals surface area contributed by atoms with E-state index in [0.29, 0.717) is 0 Å². The van der Waals surface area contributed by atoms with Crippen molar-refractivity contribution < 1.29 is 4.39 Å². The highest BCUT2D eigenvalue weighted by molar-refractivity contribution is 5.53. The highest BCUT2D eigenvalue weighted by atomic mass is 19.1. The summed E-state index contributed by atoms with van der Waals surface area (Å²) in [7, 11) is 0. The van der Waals surface area contributed by atoms with E-state index in [4.69, 9.17) is 5.41 Å². The summed E-state index contributed by atoms with van der Waals surface area (Å²) in [6.07, 6.45) is 0.479. The highest BCUT2D eigenvalue weighted by Crippen LogP contribution is 1.88. The van der Waals surface area contributed by atoms with E-state index in [1.807, 2.05) is 0 Å². The molecule has 0 aromatic heterocycles. The van der Waals surface area contributed by atoms with E-state index in [2.05, 4.69) is 0 Å². The lowest BCUT2D eigenvalue weighted by Crippen LogP contribution is -1.89. The third kappa shape index (κ3) is 3.60. The molecule has 0 spiro atoms. The Hall–Kier alpha value is -0.400. The Balaban J connectivity index is 2.81. The maximum atomic E-state index is 11.6. The van der Waals surface area contributed by atoms with Crippen LogP contribution in [0.25, 0.3) is 0 Å². The van der Waals surface area contributed by atoms with E-state index in [-0.39, 0.29) is 6.42 Å². The van der Waals surface area contributed by atoms with Gasteiger partial charge in [0.15, 0.2) is 0 Å². The van der Waals surface area contributed by atoms with Crippen LogP contribution in [0, 0.1) is 5.41 Å². The van der Waals surface area contributed by atoms with Crippen LogP contribution < -0.4 is 0 Å². The van der Waals surface area contributed by atoms with Gasteiger partial charge in [0, 0.05) is 6.42 Å². The molecule has 1 nitrogen and oxygen atoms in total. The van der Waals surface area contributed by atoms with Gasteiger partial charge in [-0.25, -0.2) is 4.39 Å². The molecule has 0 aromatic carbocycles. The first-order chi connectivity index (χ1) is 2.77. The predicted molar refractivity (Wildman–Crippen MR) is 24.0 cm³/mol. The van der Waals surface area contributed by atoms with E-state index in [0.717, 1.165) is 6.21 Å².